The van der Waals surface area contributed by atoms with Crippen LogP contribution in [0.15, 0.2) is 36.4 Å². The van der Waals surface area contributed by atoms with Gasteiger partial charge >= 0.3 is 0 Å². The fourth-order valence-electron chi connectivity index (χ4n) is 4.69. The highest BCUT2D eigenvalue weighted by atomic mass is 16.2. The predicted molar refractivity (Wildman–Crippen MR) is 126 cm³/mol. The molecule has 0 unspecified atom stereocenters. The average Bonchev–Trinajstić information content (AvgIpc) is 3.10. The summed E-state index contributed by atoms with van der Waals surface area (Å²) in [7, 11) is 0. The van der Waals surface area contributed by atoms with E-state index in [-0.39, 0.29) is 5.91 Å². The summed E-state index contributed by atoms with van der Waals surface area (Å²) in [6, 6.07) is 13.0. The molecule has 2 aromatic heterocycles. The van der Waals surface area contributed by atoms with Crippen LogP contribution in [0.2, 0.25) is 0 Å². The summed E-state index contributed by atoms with van der Waals surface area (Å²) in [4.78, 5) is 24.1. The van der Waals surface area contributed by atoms with Crippen LogP contribution in [0, 0.1) is 27.7 Å². The molecule has 1 aliphatic heterocycles. The maximum atomic E-state index is 12.9. The van der Waals surface area contributed by atoms with Gasteiger partial charge in [0.25, 0.3) is 0 Å². The van der Waals surface area contributed by atoms with Crippen molar-refractivity contribution in [2.75, 3.05) is 13.1 Å². The topological polar surface area (TPSA) is 63.9 Å². The number of aryl methyl sites for hydroxylation is 5. The number of aromatic nitrogens is 4. The minimum absolute atomic E-state index is 0.190. The number of carbonyl (C=O) groups excluding carboxylic acids is 1. The molecule has 4 rings (SSSR count). The van der Waals surface area contributed by atoms with Gasteiger partial charge in [-0.15, -0.1) is 0 Å². The molecule has 1 aliphatic rings. The third-order valence-corrected chi connectivity index (χ3v) is 6.38. The van der Waals surface area contributed by atoms with Crippen LogP contribution in [-0.4, -0.2) is 43.6 Å². The molecule has 0 aliphatic carbocycles. The molecule has 3 aromatic rings. The standard InChI is InChI=1S/C26H33N5O/c1-18-8-5-6-9-23(18)15-22-14-19(2)27-25(16-22)24-10-7-12-30(17-24)26(32)11-13-31-21(4)28-20(3)29-31/h5-6,8-9,14,16,24H,7,10-13,15,17H2,1-4H3/t24-/m0/s1. The fourth-order valence-corrected chi connectivity index (χ4v) is 4.69. The van der Waals surface area contributed by atoms with E-state index in [0.29, 0.717) is 18.9 Å². The van der Waals surface area contributed by atoms with E-state index in [1.807, 2.05) is 23.4 Å². The molecule has 168 valence electrons. The van der Waals surface area contributed by atoms with Crippen LogP contribution < -0.4 is 0 Å². The third kappa shape index (κ3) is 5.23. The second-order valence-electron chi connectivity index (χ2n) is 9.00. The van der Waals surface area contributed by atoms with Crippen LogP contribution in [0.5, 0.6) is 0 Å². The van der Waals surface area contributed by atoms with Gasteiger partial charge in [0.05, 0.1) is 6.54 Å². The van der Waals surface area contributed by atoms with Gasteiger partial charge in [0.15, 0.2) is 0 Å². The van der Waals surface area contributed by atoms with E-state index in [4.69, 9.17) is 4.98 Å². The van der Waals surface area contributed by atoms with Crippen LogP contribution >= 0.6 is 0 Å². The first-order chi connectivity index (χ1) is 15.4. The highest BCUT2D eigenvalue weighted by Gasteiger charge is 2.26. The quantitative estimate of drug-likeness (QED) is 0.584. The van der Waals surface area contributed by atoms with E-state index in [9.17, 15) is 4.79 Å². The molecular weight excluding hydrogens is 398 g/mol. The first-order valence-corrected chi connectivity index (χ1v) is 11.6. The number of rotatable bonds is 6. The highest BCUT2D eigenvalue weighted by Crippen LogP contribution is 2.28. The van der Waals surface area contributed by atoms with Crippen molar-refractivity contribution in [2.45, 2.75) is 65.8 Å². The Morgan fingerprint density at radius 3 is 2.66 bits per heavy atom. The molecule has 1 atom stereocenters. The Kier molecular flexibility index (Phi) is 6.68. The monoisotopic (exact) mass is 431 g/mol. The first-order valence-electron chi connectivity index (χ1n) is 11.6. The van der Waals surface area contributed by atoms with Crippen molar-refractivity contribution in [3.8, 4) is 0 Å². The number of nitrogens with zero attached hydrogens (tertiary/aromatic N) is 5. The molecule has 3 heterocycles. The van der Waals surface area contributed by atoms with Gasteiger partial charge in [-0.2, -0.15) is 5.10 Å². The lowest BCUT2D eigenvalue weighted by Gasteiger charge is -2.33. The molecule has 1 amide bonds. The zero-order valence-electron chi connectivity index (χ0n) is 19.6. The van der Waals surface area contributed by atoms with Gasteiger partial charge < -0.3 is 4.90 Å². The van der Waals surface area contributed by atoms with Crippen LogP contribution in [-0.2, 0) is 17.8 Å². The van der Waals surface area contributed by atoms with Crippen molar-refractivity contribution in [3.63, 3.8) is 0 Å². The van der Waals surface area contributed by atoms with Gasteiger partial charge in [0.1, 0.15) is 11.6 Å². The summed E-state index contributed by atoms with van der Waals surface area (Å²) in [6.07, 6.45) is 3.46. The number of hydrogen-bond donors (Lipinski definition) is 0. The zero-order chi connectivity index (χ0) is 22.7. The van der Waals surface area contributed by atoms with Gasteiger partial charge in [-0.1, -0.05) is 24.3 Å². The Labute approximate surface area is 190 Å². The van der Waals surface area contributed by atoms with Crippen LogP contribution in [0.4, 0.5) is 0 Å². The molecular formula is C26H33N5O. The Morgan fingerprint density at radius 1 is 1.09 bits per heavy atom. The van der Waals surface area contributed by atoms with Gasteiger partial charge in [-0.05, 0) is 75.8 Å². The van der Waals surface area contributed by atoms with Crippen molar-refractivity contribution in [1.82, 2.24) is 24.6 Å². The summed E-state index contributed by atoms with van der Waals surface area (Å²) in [6.45, 7) is 10.2. The summed E-state index contributed by atoms with van der Waals surface area (Å²) in [5.74, 6) is 2.09. The Morgan fingerprint density at radius 2 is 1.91 bits per heavy atom. The van der Waals surface area contributed by atoms with Crippen molar-refractivity contribution >= 4 is 5.91 Å². The normalized spacial score (nSPS) is 16.4. The fraction of sp³-hybridized carbons (Fsp3) is 0.462. The zero-order valence-corrected chi connectivity index (χ0v) is 19.6. The Hall–Kier alpha value is -3.02. The number of pyridine rings is 1. The number of carbonyl (C=O) groups is 1. The minimum Gasteiger partial charge on any atom is -0.342 e. The van der Waals surface area contributed by atoms with Crippen molar-refractivity contribution in [2.24, 2.45) is 0 Å². The van der Waals surface area contributed by atoms with E-state index in [1.54, 1.807) is 0 Å². The molecule has 0 N–H and O–H groups in total. The van der Waals surface area contributed by atoms with E-state index in [0.717, 1.165) is 55.4 Å². The summed E-state index contributed by atoms with van der Waals surface area (Å²) >= 11 is 0. The molecule has 0 saturated carbocycles. The van der Waals surface area contributed by atoms with Gasteiger partial charge in [-0.25, -0.2) is 9.67 Å². The van der Waals surface area contributed by atoms with E-state index in [2.05, 4.69) is 60.3 Å². The second kappa shape index (κ2) is 9.63. The molecule has 0 radical (unpaired) electrons. The number of benzene rings is 1. The van der Waals surface area contributed by atoms with Crippen molar-refractivity contribution < 1.29 is 4.79 Å². The average molecular weight is 432 g/mol. The van der Waals surface area contributed by atoms with Crippen molar-refractivity contribution in [1.29, 1.82) is 0 Å². The first kappa shape index (κ1) is 22.2. The second-order valence-corrected chi connectivity index (χ2v) is 9.00. The lowest BCUT2D eigenvalue weighted by Crippen LogP contribution is -2.39. The minimum atomic E-state index is 0.190. The lowest BCUT2D eigenvalue weighted by atomic mass is 9.91. The maximum Gasteiger partial charge on any atom is 0.224 e. The number of likely N-dealkylation sites (tertiary alicyclic amines) is 1. The SMILES string of the molecule is Cc1cc(Cc2ccccc2C)cc([C@H]2CCCN(C(=O)CCn3nc(C)nc3C)C2)n1. The summed E-state index contributed by atoms with van der Waals surface area (Å²) in [5.41, 5.74) is 6.13. The number of piperidine rings is 1. The smallest absolute Gasteiger partial charge is 0.224 e. The van der Waals surface area contributed by atoms with Crippen molar-refractivity contribution in [3.05, 3.63) is 76.1 Å². The lowest BCUT2D eigenvalue weighted by molar-refractivity contribution is -0.132. The molecule has 1 aromatic carbocycles. The summed E-state index contributed by atoms with van der Waals surface area (Å²) in [5, 5.41) is 4.37. The largest absolute Gasteiger partial charge is 0.342 e. The molecule has 6 nitrogen and oxygen atoms in total. The highest BCUT2D eigenvalue weighted by molar-refractivity contribution is 5.76. The molecule has 32 heavy (non-hydrogen) atoms. The van der Waals surface area contributed by atoms with E-state index >= 15 is 0 Å². The summed E-state index contributed by atoms with van der Waals surface area (Å²) < 4.78 is 1.83. The molecule has 6 heteroatoms. The van der Waals surface area contributed by atoms with Crippen LogP contribution in [0.25, 0.3) is 0 Å². The molecule has 0 spiro atoms. The van der Waals surface area contributed by atoms with Gasteiger partial charge in [-0.3, -0.25) is 9.78 Å². The number of amides is 1. The van der Waals surface area contributed by atoms with Gasteiger partial charge in [0, 0.05) is 36.8 Å². The van der Waals surface area contributed by atoms with E-state index in [1.165, 1.54) is 16.7 Å². The third-order valence-electron chi connectivity index (χ3n) is 6.38. The van der Waals surface area contributed by atoms with Crippen LogP contribution in [0.3, 0.4) is 0 Å². The Bertz CT molecular complexity index is 1100. The predicted octanol–water partition coefficient (Wildman–Crippen LogP) is 4.29. The van der Waals surface area contributed by atoms with E-state index < -0.39 is 0 Å². The number of hydrogen-bond acceptors (Lipinski definition) is 4. The molecule has 1 fully saturated rings. The van der Waals surface area contributed by atoms with Gasteiger partial charge in [0.2, 0.25) is 5.91 Å². The molecule has 0 bridgehead atoms. The molecule has 1 saturated heterocycles. The Balaban J connectivity index is 1.43. The van der Waals surface area contributed by atoms with Crippen LogP contribution in [0.1, 0.15) is 64.9 Å². The maximum absolute atomic E-state index is 12.9.